The van der Waals surface area contributed by atoms with E-state index in [1.165, 1.54) is 29.4 Å². The van der Waals surface area contributed by atoms with Gasteiger partial charge in [-0.1, -0.05) is 66.8 Å². The smallest absolute Gasteiger partial charge is 0.0803 e. The first kappa shape index (κ1) is 20.3. The van der Waals surface area contributed by atoms with Crippen molar-refractivity contribution >= 4 is 28.1 Å². The van der Waals surface area contributed by atoms with Gasteiger partial charge in [-0.15, -0.1) is 6.58 Å². The Morgan fingerprint density at radius 1 is 1.16 bits per heavy atom. The van der Waals surface area contributed by atoms with Crippen molar-refractivity contribution in [2.45, 2.75) is 31.3 Å². The van der Waals surface area contributed by atoms with E-state index in [0.717, 1.165) is 30.0 Å². The molecule has 1 N–H and O–H groups in total. The number of hydrogen-bond acceptors (Lipinski definition) is 3. The van der Waals surface area contributed by atoms with Gasteiger partial charge in [-0.25, -0.2) is 0 Å². The summed E-state index contributed by atoms with van der Waals surface area (Å²) < 4.78 is 0. The third-order valence-electron chi connectivity index (χ3n) is 7.08. The molecule has 3 aliphatic heterocycles. The molecule has 6 rings (SSSR count). The third-order valence-corrected chi connectivity index (χ3v) is 7.34. The predicted molar refractivity (Wildman–Crippen MR) is 132 cm³/mol. The van der Waals surface area contributed by atoms with Gasteiger partial charge in [0.05, 0.1) is 16.5 Å². The molecule has 4 heteroatoms. The summed E-state index contributed by atoms with van der Waals surface area (Å²) in [7, 11) is 0. The van der Waals surface area contributed by atoms with Crippen molar-refractivity contribution in [3.05, 3.63) is 90.6 Å². The quantitative estimate of drug-likeness (QED) is 0.425. The highest BCUT2D eigenvalue weighted by atomic mass is 32.1. The predicted octanol–water partition coefficient (Wildman–Crippen LogP) is 5.33. The van der Waals surface area contributed by atoms with E-state index in [2.05, 4.69) is 82.5 Å². The second-order valence-electron chi connectivity index (χ2n) is 8.87. The average molecular weight is 428 g/mol. The lowest BCUT2D eigenvalue weighted by Gasteiger charge is -2.52. The lowest BCUT2D eigenvalue weighted by atomic mass is 9.73. The monoisotopic (exact) mass is 427 g/mol. The Hall–Kier alpha value is -2.56. The van der Waals surface area contributed by atoms with Crippen molar-refractivity contribution in [3.8, 4) is 0 Å². The van der Waals surface area contributed by atoms with E-state index in [1.807, 2.05) is 12.3 Å². The van der Waals surface area contributed by atoms with Gasteiger partial charge in [0.1, 0.15) is 0 Å². The normalized spacial score (nSPS) is 25.8. The molecule has 3 aromatic rings. The maximum atomic E-state index is 5.88. The van der Waals surface area contributed by atoms with Crippen molar-refractivity contribution < 1.29 is 0 Å². The fourth-order valence-electron chi connectivity index (χ4n) is 5.50. The van der Waals surface area contributed by atoms with Crippen LogP contribution >= 0.6 is 12.2 Å². The first-order valence-electron chi connectivity index (χ1n) is 11.3. The molecule has 1 aromatic heterocycles. The third kappa shape index (κ3) is 4.15. The number of piperidine rings is 3. The molecule has 158 valence electrons. The number of nitrogens with one attached hydrogen (secondary N) is 1. The van der Waals surface area contributed by atoms with E-state index in [-0.39, 0.29) is 6.04 Å². The minimum absolute atomic E-state index is 0.151. The zero-order chi connectivity index (χ0) is 21.2. The number of nitrogens with zero attached hydrogens (tertiary/aromatic N) is 2. The summed E-state index contributed by atoms with van der Waals surface area (Å²) in [5, 5.41) is 5.01. The van der Waals surface area contributed by atoms with Gasteiger partial charge in [0.2, 0.25) is 0 Å². The molecular weight excluding hydrogens is 398 g/mol. The number of para-hydroxylation sites is 1. The molecule has 3 fully saturated rings. The molecule has 4 heterocycles. The van der Waals surface area contributed by atoms with Gasteiger partial charge in [-0.2, -0.15) is 0 Å². The van der Waals surface area contributed by atoms with Gasteiger partial charge >= 0.3 is 0 Å². The molecule has 2 aromatic carbocycles. The second-order valence-corrected chi connectivity index (χ2v) is 9.36. The average Bonchev–Trinajstić information content (AvgIpc) is 2.83. The molecule has 3 nitrogen and oxygen atoms in total. The second kappa shape index (κ2) is 8.89. The molecule has 0 saturated carbocycles. The number of thiocarbonyl (C=S) groups is 1. The minimum atomic E-state index is 0.151. The summed E-state index contributed by atoms with van der Waals surface area (Å²) in [4.78, 5) is 8.16. The minimum Gasteiger partial charge on any atom is -0.371 e. The highest BCUT2D eigenvalue weighted by Crippen LogP contribution is 2.42. The first-order chi connectivity index (χ1) is 15.2. The van der Waals surface area contributed by atoms with Crippen LogP contribution in [0.3, 0.4) is 0 Å². The molecule has 0 aliphatic carbocycles. The van der Waals surface area contributed by atoms with Gasteiger partial charge in [0.15, 0.2) is 0 Å². The lowest BCUT2D eigenvalue weighted by molar-refractivity contribution is 0.00437. The van der Waals surface area contributed by atoms with Gasteiger partial charge in [-0.3, -0.25) is 9.88 Å². The number of fused-ring (bicyclic) bond motifs is 4. The summed E-state index contributed by atoms with van der Waals surface area (Å²) >= 11 is 5.88. The highest BCUT2D eigenvalue weighted by molar-refractivity contribution is 7.80. The lowest BCUT2D eigenvalue weighted by Crippen LogP contribution is -2.57. The van der Waals surface area contributed by atoms with Crippen LogP contribution in [-0.2, 0) is 6.42 Å². The Labute approximate surface area is 190 Å². The molecule has 0 amide bonds. The Balaban J connectivity index is 1.48. The van der Waals surface area contributed by atoms with Crippen LogP contribution in [0.4, 0.5) is 0 Å². The summed E-state index contributed by atoms with van der Waals surface area (Å²) in [5.74, 6) is 1.32. The van der Waals surface area contributed by atoms with Crippen LogP contribution in [0.2, 0.25) is 0 Å². The van der Waals surface area contributed by atoms with Crippen LogP contribution < -0.4 is 5.32 Å². The molecule has 0 radical (unpaired) electrons. The maximum Gasteiger partial charge on any atom is 0.0803 e. The molecule has 4 unspecified atom stereocenters. The zero-order valence-electron chi connectivity index (χ0n) is 17.8. The van der Waals surface area contributed by atoms with Gasteiger partial charge in [-0.05, 0) is 54.5 Å². The molecule has 2 bridgehead atoms. The van der Waals surface area contributed by atoms with Crippen molar-refractivity contribution in [2.24, 2.45) is 11.8 Å². The summed E-state index contributed by atoms with van der Waals surface area (Å²) in [6.07, 6.45) is 7.32. The largest absolute Gasteiger partial charge is 0.371 e. The van der Waals surface area contributed by atoms with E-state index in [0.29, 0.717) is 17.9 Å². The number of pyridine rings is 1. The van der Waals surface area contributed by atoms with Gasteiger partial charge in [0.25, 0.3) is 0 Å². The molecular formula is C27H29N3S. The maximum absolute atomic E-state index is 5.88. The molecule has 5 atom stereocenters. The standard InChI is InChI=1S/C27H29N3S/c1-2-20-18-30-15-13-21(20)17-25(30)27(29-26(31)16-19-8-4-3-5-9-19)23-12-14-28-24-11-7-6-10-22(23)24/h2-12,14,20-21,25,27H,1,13,15-18H2,(H,29,31)/t20?,21?,25?,27-/m1/s1. The Morgan fingerprint density at radius 2 is 1.97 bits per heavy atom. The molecule has 31 heavy (non-hydrogen) atoms. The molecule has 3 aliphatic rings. The van der Waals surface area contributed by atoms with Crippen molar-refractivity contribution in [1.29, 1.82) is 0 Å². The van der Waals surface area contributed by atoms with Crippen LogP contribution in [0.1, 0.15) is 30.0 Å². The number of rotatable bonds is 6. The van der Waals surface area contributed by atoms with Crippen LogP contribution in [0, 0.1) is 11.8 Å². The summed E-state index contributed by atoms with van der Waals surface area (Å²) in [6, 6.07) is 21.7. The number of aromatic nitrogens is 1. The van der Waals surface area contributed by atoms with Crippen molar-refractivity contribution in [2.75, 3.05) is 13.1 Å². The summed E-state index contributed by atoms with van der Waals surface area (Å²) in [5.41, 5.74) is 3.59. The first-order valence-corrected chi connectivity index (χ1v) is 11.7. The van der Waals surface area contributed by atoms with Crippen LogP contribution in [0.25, 0.3) is 10.9 Å². The number of hydrogen-bond donors (Lipinski definition) is 1. The fourth-order valence-corrected chi connectivity index (χ4v) is 5.79. The van der Waals surface area contributed by atoms with E-state index in [1.54, 1.807) is 0 Å². The van der Waals surface area contributed by atoms with E-state index >= 15 is 0 Å². The Morgan fingerprint density at radius 3 is 2.74 bits per heavy atom. The van der Waals surface area contributed by atoms with Gasteiger partial charge in [0, 0.05) is 30.6 Å². The van der Waals surface area contributed by atoms with Crippen LogP contribution in [-0.4, -0.2) is 34.0 Å². The van der Waals surface area contributed by atoms with E-state index in [9.17, 15) is 0 Å². The topological polar surface area (TPSA) is 28.2 Å². The fraction of sp³-hybridized carbons (Fsp3) is 0.333. The van der Waals surface area contributed by atoms with E-state index < -0.39 is 0 Å². The Bertz CT molecular complexity index is 1070. The van der Waals surface area contributed by atoms with Crippen molar-refractivity contribution in [1.82, 2.24) is 15.2 Å². The zero-order valence-corrected chi connectivity index (χ0v) is 18.6. The summed E-state index contributed by atoms with van der Waals surface area (Å²) in [6.45, 7) is 6.36. The SMILES string of the molecule is C=CC1CN2CCC1CC2[C@H](NC(=S)Cc1ccccc1)c1ccnc2ccccc12. The van der Waals surface area contributed by atoms with Crippen LogP contribution in [0.15, 0.2) is 79.5 Å². The van der Waals surface area contributed by atoms with Crippen molar-refractivity contribution in [3.63, 3.8) is 0 Å². The molecule has 0 spiro atoms. The highest BCUT2D eigenvalue weighted by Gasteiger charge is 2.43. The van der Waals surface area contributed by atoms with E-state index in [4.69, 9.17) is 12.2 Å². The molecule has 3 saturated heterocycles. The Kier molecular flexibility index (Phi) is 5.84. The van der Waals surface area contributed by atoms with Gasteiger partial charge < -0.3 is 5.32 Å². The van der Waals surface area contributed by atoms with Crippen LogP contribution in [0.5, 0.6) is 0 Å². The number of benzene rings is 2.